The molecule has 0 unspecified atom stereocenters. The number of nitriles is 1. The van der Waals surface area contributed by atoms with Crippen molar-refractivity contribution in [3.63, 3.8) is 0 Å². The van der Waals surface area contributed by atoms with Crippen molar-refractivity contribution in [3.8, 4) is 23.3 Å². The maximum atomic E-state index is 13.5. The molecule has 0 N–H and O–H groups in total. The molecular weight excluding hydrogens is 257 g/mol. The van der Waals surface area contributed by atoms with Crippen molar-refractivity contribution >= 4 is 0 Å². The van der Waals surface area contributed by atoms with Crippen LogP contribution in [-0.2, 0) is 0 Å². The van der Waals surface area contributed by atoms with Crippen molar-refractivity contribution in [1.29, 1.82) is 5.26 Å². The predicted octanol–water partition coefficient (Wildman–Crippen LogP) is 4.28. The van der Waals surface area contributed by atoms with E-state index in [9.17, 15) is 4.39 Å². The van der Waals surface area contributed by atoms with E-state index in [1.54, 1.807) is 30.3 Å². The van der Waals surface area contributed by atoms with Crippen molar-refractivity contribution < 1.29 is 13.9 Å². The van der Waals surface area contributed by atoms with Crippen molar-refractivity contribution in [2.75, 3.05) is 6.61 Å². The van der Waals surface area contributed by atoms with Crippen LogP contribution >= 0.6 is 0 Å². The Morgan fingerprint density at radius 2 is 1.75 bits per heavy atom. The average Bonchev–Trinajstić information content (AvgIpc) is 2.47. The Morgan fingerprint density at radius 3 is 2.45 bits per heavy atom. The van der Waals surface area contributed by atoms with Crippen LogP contribution in [0.1, 0.15) is 18.9 Å². The summed E-state index contributed by atoms with van der Waals surface area (Å²) in [6, 6.07) is 13.2. The zero-order valence-corrected chi connectivity index (χ0v) is 11.1. The summed E-state index contributed by atoms with van der Waals surface area (Å²) in [5.74, 6) is 0.613. The molecule has 0 fully saturated rings. The Hall–Kier alpha value is -2.54. The van der Waals surface area contributed by atoms with Gasteiger partial charge in [0, 0.05) is 0 Å². The predicted molar refractivity (Wildman–Crippen MR) is 73.4 cm³/mol. The molecule has 0 aliphatic rings. The Morgan fingerprint density at radius 1 is 1.05 bits per heavy atom. The van der Waals surface area contributed by atoms with Crippen LogP contribution in [0.2, 0.25) is 0 Å². The van der Waals surface area contributed by atoms with Crippen LogP contribution in [0.25, 0.3) is 0 Å². The first-order valence-electron chi connectivity index (χ1n) is 6.34. The highest BCUT2D eigenvalue weighted by atomic mass is 19.1. The van der Waals surface area contributed by atoms with Crippen molar-refractivity contribution in [2.45, 2.75) is 13.3 Å². The lowest BCUT2D eigenvalue weighted by Gasteiger charge is -2.12. The van der Waals surface area contributed by atoms with Crippen LogP contribution in [0.5, 0.6) is 17.2 Å². The molecule has 0 saturated carbocycles. The molecule has 0 spiro atoms. The zero-order valence-electron chi connectivity index (χ0n) is 11.1. The maximum Gasteiger partial charge on any atom is 0.169 e. The lowest BCUT2D eigenvalue weighted by molar-refractivity contribution is 0.302. The van der Waals surface area contributed by atoms with Gasteiger partial charge < -0.3 is 9.47 Å². The third-order valence-corrected chi connectivity index (χ3v) is 2.62. The molecule has 0 atom stereocenters. The van der Waals surface area contributed by atoms with Gasteiger partial charge in [-0.2, -0.15) is 5.26 Å². The molecule has 0 amide bonds. The molecule has 0 radical (unpaired) electrons. The van der Waals surface area contributed by atoms with E-state index in [0.29, 0.717) is 18.1 Å². The first-order valence-corrected chi connectivity index (χ1v) is 6.34. The first-order chi connectivity index (χ1) is 9.76. The highest BCUT2D eigenvalue weighted by molar-refractivity contribution is 5.49. The molecular formula is C16H14FNO2. The third kappa shape index (κ3) is 3.07. The van der Waals surface area contributed by atoms with Gasteiger partial charge in [-0.3, -0.25) is 0 Å². The summed E-state index contributed by atoms with van der Waals surface area (Å²) in [5, 5.41) is 8.99. The summed E-state index contributed by atoms with van der Waals surface area (Å²) in [4.78, 5) is 0. The number of rotatable bonds is 5. The number of halogens is 1. The van der Waals surface area contributed by atoms with Crippen molar-refractivity contribution in [1.82, 2.24) is 0 Å². The monoisotopic (exact) mass is 271 g/mol. The average molecular weight is 271 g/mol. The Bertz CT molecular complexity index is 635. The van der Waals surface area contributed by atoms with E-state index in [4.69, 9.17) is 14.7 Å². The Balaban J connectivity index is 2.31. The van der Waals surface area contributed by atoms with Gasteiger partial charge in [0.2, 0.25) is 0 Å². The lowest BCUT2D eigenvalue weighted by Crippen LogP contribution is -1.98. The van der Waals surface area contributed by atoms with Crippen LogP contribution in [0.15, 0.2) is 42.5 Å². The van der Waals surface area contributed by atoms with E-state index >= 15 is 0 Å². The topological polar surface area (TPSA) is 42.2 Å². The fraction of sp³-hybridized carbons (Fsp3) is 0.188. The number of nitrogens with zero attached hydrogens (tertiary/aromatic N) is 1. The smallest absolute Gasteiger partial charge is 0.169 e. The summed E-state index contributed by atoms with van der Waals surface area (Å²) < 4.78 is 24.7. The summed E-state index contributed by atoms with van der Waals surface area (Å²) in [7, 11) is 0. The number of benzene rings is 2. The summed E-state index contributed by atoms with van der Waals surface area (Å²) >= 11 is 0. The van der Waals surface area contributed by atoms with Crippen molar-refractivity contribution in [3.05, 3.63) is 53.8 Å². The highest BCUT2D eigenvalue weighted by Gasteiger charge is 2.12. The number of hydrogen-bond acceptors (Lipinski definition) is 3. The van der Waals surface area contributed by atoms with Gasteiger partial charge in [0.05, 0.1) is 6.61 Å². The van der Waals surface area contributed by atoms with Crippen LogP contribution in [-0.4, -0.2) is 6.61 Å². The molecule has 0 bridgehead atoms. The maximum absolute atomic E-state index is 13.5. The lowest BCUT2D eigenvalue weighted by atomic mass is 10.2. The molecule has 2 aromatic carbocycles. The number of ether oxygens (including phenoxy) is 2. The molecule has 0 saturated heterocycles. The largest absolute Gasteiger partial charge is 0.490 e. The van der Waals surface area contributed by atoms with Crippen LogP contribution in [0.4, 0.5) is 4.39 Å². The summed E-state index contributed by atoms with van der Waals surface area (Å²) in [6.07, 6.45) is 0.873. The molecule has 4 heteroatoms. The fourth-order valence-corrected chi connectivity index (χ4v) is 1.68. The SMILES string of the molecule is CCCOc1ccccc1Oc1cccc(F)c1C#N. The van der Waals surface area contributed by atoms with Crippen LogP contribution < -0.4 is 9.47 Å². The molecule has 102 valence electrons. The van der Waals surface area contributed by atoms with Gasteiger partial charge in [0.15, 0.2) is 11.5 Å². The van der Waals surface area contributed by atoms with E-state index in [2.05, 4.69) is 0 Å². The first kappa shape index (κ1) is 13.9. The second kappa shape index (κ2) is 6.58. The van der Waals surface area contributed by atoms with E-state index in [0.717, 1.165) is 6.42 Å². The Kier molecular flexibility index (Phi) is 4.56. The zero-order chi connectivity index (χ0) is 14.4. The van der Waals surface area contributed by atoms with Gasteiger partial charge in [-0.1, -0.05) is 25.1 Å². The fourth-order valence-electron chi connectivity index (χ4n) is 1.68. The minimum absolute atomic E-state index is 0.113. The number of para-hydroxylation sites is 2. The second-order valence-electron chi connectivity index (χ2n) is 4.12. The number of hydrogen-bond donors (Lipinski definition) is 0. The van der Waals surface area contributed by atoms with Gasteiger partial charge >= 0.3 is 0 Å². The Labute approximate surface area is 117 Å². The molecule has 2 aromatic rings. The molecule has 20 heavy (non-hydrogen) atoms. The highest BCUT2D eigenvalue weighted by Crippen LogP contribution is 2.33. The van der Waals surface area contributed by atoms with E-state index in [-0.39, 0.29) is 11.3 Å². The second-order valence-corrected chi connectivity index (χ2v) is 4.12. The van der Waals surface area contributed by atoms with Crippen LogP contribution in [0, 0.1) is 17.1 Å². The molecule has 0 aliphatic heterocycles. The molecule has 0 aromatic heterocycles. The van der Waals surface area contributed by atoms with E-state index < -0.39 is 5.82 Å². The van der Waals surface area contributed by atoms with Crippen LogP contribution in [0.3, 0.4) is 0 Å². The van der Waals surface area contributed by atoms with Gasteiger partial charge in [-0.15, -0.1) is 0 Å². The van der Waals surface area contributed by atoms with E-state index in [1.807, 2.05) is 13.0 Å². The van der Waals surface area contributed by atoms with Crippen molar-refractivity contribution in [2.24, 2.45) is 0 Å². The van der Waals surface area contributed by atoms with Gasteiger partial charge in [-0.05, 0) is 30.7 Å². The molecule has 3 nitrogen and oxygen atoms in total. The van der Waals surface area contributed by atoms with Gasteiger partial charge in [-0.25, -0.2) is 4.39 Å². The molecule has 0 aliphatic carbocycles. The van der Waals surface area contributed by atoms with E-state index in [1.165, 1.54) is 12.1 Å². The molecule has 0 heterocycles. The minimum atomic E-state index is -0.600. The third-order valence-electron chi connectivity index (χ3n) is 2.62. The molecule has 2 rings (SSSR count). The quantitative estimate of drug-likeness (QED) is 0.815. The normalized spacial score (nSPS) is 9.85. The standard InChI is InChI=1S/C16H14FNO2/c1-2-10-19-15-7-3-4-8-16(15)20-14-9-5-6-13(17)12(14)11-18/h3-9H,2,10H2,1H3. The summed E-state index contributed by atoms with van der Waals surface area (Å²) in [6.45, 7) is 2.57. The van der Waals surface area contributed by atoms with Gasteiger partial charge in [0.25, 0.3) is 0 Å². The van der Waals surface area contributed by atoms with Gasteiger partial charge in [0.1, 0.15) is 23.2 Å². The minimum Gasteiger partial charge on any atom is -0.490 e. The summed E-state index contributed by atoms with van der Waals surface area (Å²) in [5.41, 5.74) is -0.113.